The summed E-state index contributed by atoms with van der Waals surface area (Å²) in [6.45, 7) is 0.763. The first-order valence-corrected chi connectivity index (χ1v) is 8.91. The van der Waals surface area contributed by atoms with Crippen LogP contribution in [0.4, 0.5) is 43.9 Å². The van der Waals surface area contributed by atoms with E-state index in [2.05, 4.69) is 5.10 Å². The molecule has 2 aromatic carbocycles. The maximum atomic E-state index is 14.4. The van der Waals surface area contributed by atoms with Crippen molar-refractivity contribution in [3.8, 4) is 17.6 Å². The number of nitrogens with zero attached hydrogens (tertiary/aromatic N) is 3. The second-order valence-corrected chi connectivity index (χ2v) is 6.84. The zero-order valence-electron chi connectivity index (χ0n) is 17.0. The number of carbonyl (C=O) groups is 1. The summed E-state index contributed by atoms with van der Waals surface area (Å²) in [5.74, 6) is -12.9. The van der Waals surface area contributed by atoms with Gasteiger partial charge in [0, 0.05) is 22.6 Å². The van der Waals surface area contributed by atoms with Crippen LogP contribution in [0.25, 0.3) is 5.69 Å². The summed E-state index contributed by atoms with van der Waals surface area (Å²) in [5, 5.41) is 22.2. The van der Waals surface area contributed by atoms with Crippen molar-refractivity contribution in [3.05, 3.63) is 75.0 Å². The quantitative estimate of drug-likeness (QED) is 0.192. The smallest absolute Gasteiger partial charge is 0.417 e. The van der Waals surface area contributed by atoms with E-state index in [1.807, 2.05) is 0 Å². The molecule has 1 radical (unpaired) electrons. The van der Waals surface area contributed by atoms with Gasteiger partial charge in [-0.2, -0.15) is 41.4 Å². The summed E-state index contributed by atoms with van der Waals surface area (Å²) < 4.78 is 137. The molecular formula is C20H7CuF10N3O2. The number of ketones is 1. The summed E-state index contributed by atoms with van der Waals surface area (Å²) in [4.78, 5) is 12.9. The van der Waals surface area contributed by atoms with Crippen LogP contribution in [0.2, 0.25) is 0 Å². The molecule has 0 atom stereocenters. The minimum atomic E-state index is -5.48. The van der Waals surface area contributed by atoms with Crippen LogP contribution in [-0.2, 0) is 29.4 Å². The van der Waals surface area contributed by atoms with Crippen molar-refractivity contribution in [1.82, 2.24) is 9.78 Å². The third-order valence-corrected chi connectivity index (χ3v) is 4.73. The Morgan fingerprint density at radius 3 is 1.75 bits per heavy atom. The van der Waals surface area contributed by atoms with E-state index in [0.29, 0.717) is 6.07 Å². The van der Waals surface area contributed by atoms with Crippen molar-refractivity contribution >= 4 is 5.78 Å². The molecule has 0 fully saturated rings. The number of aryl methyl sites for hydroxylation is 1. The Morgan fingerprint density at radius 1 is 0.917 bits per heavy atom. The van der Waals surface area contributed by atoms with Gasteiger partial charge in [-0.1, -0.05) is 6.07 Å². The topological polar surface area (TPSA) is 78.9 Å². The first-order valence-electron chi connectivity index (χ1n) is 8.91. The van der Waals surface area contributed by atoms with E-state index >= 15 is 0 Å². The van der Waals surface area contributed by atoms with Crippen molar-refractivity contribution in [2.45, 2.75) is 19.3 Å². The minimum absolute atomic E-state index is 0. The molecule has 1 aromatic heterocycles. The Morgan fingerprint density at radius 2 is 1.36 bits per heavy atom. The molecule has 0 aliphatic heterocycles. The van der Waals surface area contributed by atoms with E-state index in [1.54, 1.807) is 0 Å². The number of benzene rings is 2. The van der Waals surface area contributed by atoms with Gasteiger partial charge < -0.3 is 5.11 Å². The Balaban J connectivity index is 0.00000456. The first kappa shape index (κ1) is 28.7. The Bertz CT molecular complexity index is 1360. The zero-order chi connectivity index (χ0) is 26.6. The summed E-state index contributed by atoms with van der Waals surface area (Å²) in [7, 11) is 0. The summed E-state index contributed by atoms with van der Waals surface area (Å²) in [6.07, 6.45) is -11.0. The normalized spacial score (nSPS) is 11.7. The molecule has 1 heterocycles. The Kier molecular flexibility index (Phi) is 7.54. The van der Waals surface area contributed by atoms with Crippen LogP contribution < -0.4 is 0 Å². The Labute approximate surface area is 204 Å². The zero-order valence-corrected chi connectivity index (χ0v) is 18.0. The molecule has 0 spiro atoms. The van der Waals surface area contributed by atoms with Crippen LogP contribution in [0.1, 0.15) is 38.3 Å². The molecule has 1 N–H and O–H groups in total. The molecule has 16 heteroatoms. The van der Waals surface area contributed by atoms with E-state index < -0.39 is 86.5 Å². The van der Waals surface area contributed by atoms with Gasteiger partial charge in [-0.15, -0.1) is 0 Å². The largest absolute Gasteiger partial charge is 0.493 e. The summed E-state index contributed by atoms with van der Waals surface area (Å²) in [5.41, 5.74) is -11.8. The fraction of sp³-hybridized carbons (Fsp3) is 0.150. The molecule has 0 saturated heterocycles. The first-order chi connectivity index (χ1) is 16.0. The molecule has 0 aliphatic rings. The molecule has 0 unspecified atom stereocenters. The van der Waals surface area contributed by atoms with Crippen LogP contribution in [0.5, 0.6) is 5.88 Å². The molecule has 0 saturated carbocycles. The molecule has 0 bridgehead atoms. The van der Waals surface area contributed by atoms with Gasteiger partial charge in [-0.25, -0.2) is 17.6 Å². The van der Waals surface area contributed by atoms with Gasteiger partial charge in [-0.3, -0.25) is 4.79 Å². The van der Waals surface area contributed by atoms with Gasteiger partial charge in [0.2, 0.25) is 11.7 Å². The number of hydrogen-bond donors (Lipinski definition) is 1. The van der Waals surface area contributed by atoms with Crippen molar-refractivity contribution in [2.75, 3.05) is 0 Å². The van der Waals surface area contributed by atoms with E-state index in [1.165, 1.54) is 0 Å². The van der Waals surface area contributed by atoms with Gasteiger partial charge in [0.1, 0.15) is 22.9 Å². The predicted molar refractivity (Wildman–Crippen MR) is 94.4 cm³/mol. The maximum absolute atomic E-state index is 14.4. The molecule has 195 valence electrons. The third kappa shape index (κ3) is 4.51. The summed E-state index contributed by atoms with van der Waals surface area (Å²) in [6, 6.07) is 1.54. The van der Waals surface area contributed by atoms with E-state index in [4.69, 9.17) is 5.26 Å². The monoisotopic (exact) mass is 574 g/mol. The van der Waals surface area contributed by atoms with Gasteiger partial charge in [0.15, 0.2) is 23.3 Å². The van der Waals surface area contributed by atoms with E-state index in [9.17, 15) is 53.8 Å². The van der Waals surface area contributed by atoms with Crippen LogP contribution in [0.15, 0.2) is 18.2 Å². The number of aromatic nitrogens is 2. The minimum Gasteiger partial charge on any atom is -0.493 e. The summed E-state index contributed by atoms with van der Waals surface area (Å²) >= 11 is 0. The average Bonchev–Trinajstić information content (AvgIpc) is 3.04. The van der Waals surface area contributed by atoms with Gasteiger partial charge >= 0.3 is 12.4 Å². The third-order valence-electron chi connectivity index (χ3n) is 4.73. The number of carbonyl (C=O) groups excluding carboxylic acids is 1. The van der Waals surface area contributed by atoms with E-state index in [-0.39, 0.29) is 33.9 Å². The van der Waals surface area contributed by atoms with Crippen LogP contribution in [0.3, 0.4) is 0 Å². The molecule has 36 heavy (non-hydrogen) atoms. The molecule has 5 nitrogen and oxygen atoms in total. The van der Waals surface area contributed by atoms with Crippen molar-refractivity contribution in [3.63, 3.8) is 0 Å². The molecule has 0 aliphatic carbocycles. The van der Waals surface area contributed by atoms with Crippen molar-refractivity contribution in [1.29, 1.82) is 5.26 Å². The predicted octanol–water partition coefficient (Wildman–Crippen LogP) is 5.58. The number of alkyl halides is 6. The average molecular weight is 575 g/mol. The van der Waals surface area contributed by atoms with Crippen LogP contribution >= 0.6 is 0 Å². The number of rotatable bonds is 3. The number of hydrogen-bond acceptors (Lipinski definition) is 4. The van der Waals surface area contributed by atoms with Crippen molar-refractivity contribution < 1.29 is 70.9 Å². The van der Waals surface area contributed by atoms with E-state index in [0.717, 1.165) is 13.0 Å². The number of aromatic hydroxyl groups is 1. The van der Waals surface area contributed by atoms with Crippen LogP contribution in [0, 0.1) is 41.5 Å². The fourth-order valence-corrected chi connectivity index (χ4v) is 3.24. The number of nitriles is 1. The van der Waals surface area contributed by atoms with Crippen LogP contribution in [-0.4, -0.2) is 20.7 Å². The van der Waals surface area contributed by atoms with Gasteiger partial charge in [0.05, 0.1) is 16.8 Å². The molecule has 3 rings (SSSR count). The fourth-order valence-electron chi connectivity index (χ4n) is 3.24. The van der Waals surface area contributed by atoms with Gasteiger partial charge in [-0.05, 0) is 19.1 Å². The SMILES string of the molecule is Cc1nn(-c2c(F)c(F)c(C#N)c(F)c2F)c(O)c1C(=O)c1c(C(F)(F)F)cccc1C(F)(F)F.[Cu]. The molecular weight excluding hydrogens is 568 g/mol. The standard InChI is InChI=1S/C20H7F10N3O2.Cu/c1-6-10(17(34)11-8(19(25,26)27)3-2-4-9(11)20(28,29)30)18(35)33(32-6)16-14(23)12(21)7(5-31)13(22)15(16)24;/h2-4,35H,1H3;. The maximum Gasteiger partial charge on any atom is 0.417 e. The second-order valence-electron chi connectivity index (χ2n) is 6.84. The Hall–Kier alpha value is -3.57. The molecule has 3 aromatic rings. The number of halogens is 10. The van der Waals surface area contributed by atoms with Crippen molar-refractivity contribution in [2.24, 2.45) is 0 Å². The molecule has 0 amide bonds. The second kappa shape index (κ2) is 9.47. The van der Waals surface area contributed by atoms with Gasteiger partial charge in [0.25, 0.3) is 0 Å².